The molecule has 0 bridgehead atoms. The third kappa shape index (κ3) is 3.58. The molecule has 1 aliphatic carbocycles. The molecule has 5 heteroatoms. The van der Waals surface area contributed by atoms with Crippen LogP contribution in [0, 0.1) is 11.2 Å². The third-order valence-corrected chi connectivity index (χ3v) is 5.14. The number of hydrogen-bond acceptors (Lipinski definition) is 3. The van der Waals surface area contributed by atoms with Gasteiger partial charge in [0.2, 0.25) is 5.91 Å². The highest BCUT2D eigenvalue weighted by molar-refractivity contribution is 5.98. The standard InChI is InChI=1S/C21H22FNO3/c22-17-6-2-1-5-15(17)13-21(10-11-21)20(24)23-18-7-3-4-8-19(18)26-16-9-12-25-14-16/h1-8,16H,9-14H2,(H,23,24). The first kappa shape index (κ1) is 17.0. The highest BCUT2D eigenvalue weighted by Gasteiger charge is 2.50. The van der Waals surface area contributed by atoms with Gasteiger partial charge in [0.1, 0.15) is 17.7 Å². The fourth-order valence-electron chi connectivity index (χ4n) is 3.35. The van der Waals surface area contributed by atoms with Gasteiger partial charge in [-0.05, 0) is 43.0 Å². The van der Waals surface area contributed by atoms with Gasteiger partial charge in [-0.1, -0.05) is 30.3 Å². The third-order valence-electron chi connectivity index (χ3n) is 5.14. The molecule has 1 atom stereocenters. The lowest BCUT2D eigenvalue weighted by Crippen LogP contribution is -2.27. The quantitative estimate of drug-likeness (QED) is 0.853. The normalized spacial score (nSPS) is 20.6. The molecule has 1 amide bonds. The first-order chi connectivity index (χ1) is 12.7. The maximum absolute atomic E-state index is 14.0. The van der Waals surface area contributed by atoms with Crippen molar-refractivity contribution in [1.29, 1.82) is 0 Å². The zero-order chi connectivity index (χ0) is 18.0. The molecule has 2 aromatic carbocycles. The molecule has 0 radical (unpaired) electrons. The Morgan fingerprint density at radius 1 is 1.19 bits per heavy atom. The van der Waals surface area contributed by atoms with Crippen LogP contribution in [0.3, 0.4) is 0 Å². The summed E-state index contributed by atoms with van der Waals surface area (Å²) in [6.07, 6.45) is 2.82. The lowest BCUT2D eigenvalue weighted by Gasteiger charge is -2.19. The van der Waals surface area contributed by atoms with E-state index >= 15 is 0 Å². The van der Waals surface area contributed by atoms with Crippen molar-refractivity contribution < 1.29 is 18.7 Å². The Hall–Kier alpha value is -2.40. The van der Waals surface area contributed by atoms with Gasteiger partial charge in [0, 0.05) is 6.42 Å². The molecule has 1 unspecified atom stereocenters. The second-order valence-corrected chi connectivity index (χ2v) is 7.10. The Balaban J connectivity index is 1.47. The van der Waals surface area contributed by atoms with Gasteiger partial charge in [-0.15, -0.1) is 0 Å². The molecule has 4 nitrogen and oxygen atoms in total. The van der Waals surface area contributed by atoms with E-state index < -0.39 is 5.41 Å². The van der Waals surface area contributed by atoms with Crippen molar-refractivity contribution in [2.45, 2.75) is 31.8 Å². The van der Waals surface area contributed by atoms with Crippen LogP contribution in [0.4, 0.5) is 10.1 Å². The zero-order valence-corrected chi connectivity index (χ0v) is 14.5. The predicted molar refractivity (Wildman–Crippen MR) is 96.7 cm³/mol. The number of carbonyl (C=O) groups excluding carboxylic acids is 1. The number of halogens is 1. The molecule has 1 saturated carbocycles. The van der Waals surface area contributed by atoms with Crippen LogP contribution in [0.25, 0.3) is 0 Å². The topological polar surface area (TPSA) is 47.6 Å². The molecule has 2 fully saturated rings. The van der Waals surface area contributed by atoms with E-state index in [1.807, 2.05) is 24.3 Å². The van der Waals surface area contributed by atoms with Crippen LogP contribution in [-0.4, -0.2) is 25.2 Å². The van der Waals surface area contributed by atoms with Crippen LogP contribution >= 0.6 is 0 Å². The monoisotopic (exact) mass is 355 g/mol. The Morgan fingerprint density at radius 3 is 2.69 bits per heavy atom. The summed E-state index contributed by atoms with van der Waals surface area (Å²) in [6, 6.07) is 14.1. The van der Waals surface area contributed by atoms with Gasteiger partial charge < -0.3 is 14.8 Å². The van der Waals surface area contributed by atoms with Crippen LogP contribution in [0.1, 0.15) is 24.8 Å². The fourth-order valence-corrected chi connectivity index (χ4v) is 3.35. The lowest BCUT2D eigenvalue weighted by atomic mass is 9.95. The van der Waals surface area contributed by atoms with Crippen molar-refractivity contribution >= 4 is 11.6 Å². The van der Waals surface area contributed by atoms with Gasteiger partial charge in [0.05, 0.1) is 24.3 Å². The minimum Gasteiger partial charge on any atom is -0.486 e. The number of rotatable bonds is 6. The lowest BCUT2D eigenvalue weighted by molar-refractivity contribution is -0.121. The van der Waals surface area contributed by atoms with Crippen LogP contribution in [0.2, 0.25) is 0 Å². The van der Waals surface area contributed by atoms with E-state index in [0.29, 0.717) is 36.6 Å². The molecular weight excluding hydrogens is 333 g/mol. The summed E-state index contributed by atoms with van der Waals surface area (Å²) < 4.78 is 25.3. The van der Waals surface area contributed by atoms with Gasteiger partial charge in [0.15, 0.2) is 0 Å². The average molecular weight is 355 g/mol. The second-order valence-electron chi connectivity index (χ2n) is 7.10. The maximum atomic E-state index is 14.0. The number of nitrogens with one attached hydrogen (secondary N) is 1. The van der Waals surface area contributed by atoms with Crippen LogP contribution in [-0.2, 0) is 16.0 Å². The van der Waals surface area contributed by atoms with Gasteiger partial charge in [-0.2, -0.15) is 0 Å². The van der Waals surface area contributed by atoms with Crippen LogP contribution in [0.5, 0.6) is 5.75 Å². The van der Waals surface area contributed by atoms with Crippen molar-refractivity contribution in [3.8, 4) is 5.75 Å². The zero-order valence-electron chi connectivity index (χ0n) is 14.5. The number of carbonyl (C=O) groups is 1. The number of amides is 1. The van der Waals surface area contributed by atoms with E-state index in [9.17, 15) is 9.18 Å². The Bertz CT molecular complexity index is 797. The summed E-state index contributed by atoms with van der Waals surface area (Å²) in [5, 5.41) is 3.00. The predicted octanol–water partition coefficient (Wildman–Crippen LogP) is 3.95. The van der Waals surface area contributed by atoms with Gasteiger partial charge in [0.25, 0.3) is 0 Å². The van der Waals surface area contributed by atoms with E-state index in [-0.39, 0.29) is 17.8 Å². The van der Waals surface area contributed by atoms with E-state index in [1.165, 1.54) is 6.07 Å². The number of benzene rings is 2. The van der Waals surface area contributed by atoms with Crippen molar-refractivity contribution in [3.05, 3.63) is 59.9 Å². The Labute approximate surface area is 152 Å². The summed E-state index contributed by atoms with van der Waals surface area (Å²) in [5.74, 6) is 0.328. The molecule has 2 aromatic rings. The van der Waals surface area contributed by atoms with E-state index in [4.69, 9.17) is 9.47 Å². The number of para-hydroxylation sites is 2. The highest BCUT2D eigenvalue weighted by atomic mass is 19.1. The average Bonchev–Trinajstić information content (AvgIpc) is 3.25. The summed E-state index contributed by atoms with van der Waals surface area (Å²) in [5.41, 5.74) is 0.725. The molecule has 0 aromatic heterocycles. The number of anilines is 1. The van der Waals surface area contributed by atoms with Crippen molar-refractivity contribution in [2.75, 3.05) is 18.5 Å². The maximum Gasteiger partial charge on any atom is 0.231 e. The fraction of sp³-hybridized carbons (Fsp3) is 0.381. The van der Waals surface area contributed by atoms with E-state index in [2.05, 4.69) is 5.32 Å². The van der Waals surface area contributed by atoms with Crippen molar-refractivity contribution in [3.63, 3.8) is 0 Å². The second kappa shape index (κ2) is 7.08. The minimum absolute atomic E-state index is 0.0151. The first-order valence-electron chi connectivity index (χ1n) is 9.05. The summed E-state index contributed by atoms with van der Waals surface area (Å²) in [4.78, 5) is 12.9. The summed E-state index contributed by atoms with van der Waals surface area (Å²) >= 11 is 0. The smallest absolute Gasteiger partial charge is 0.231 e. The molecule has 1 N–H and O–H groups in total. The molecule has 1 saturated heterocycles. The van der Waals surface area contributed by atoms with Gasteiger partial charge in [-0.3, -0.25) is 4.79 Å². The largest absolute Gasteiger partial charge is 0.486 e. The van der Waals surface area contributed by atoms with E-state index in [1.54, 1.807) is 18.2 Å². The Kier molecular flexibility index (Phi) is 4.64. The molecule has 4 rings (SSSR count). The molecule has 0 spiro atoms. The minimum atomic E-state index is -0.522. The first-order valence-corrected chi connectivity index (χ1v) is 9.05. The van der Waals surface area contributed by atoms with Crippen molar-refractivity contribution in [2.24, 2.45) is 5.41 Å². The number of hydrogen-bond donors (Lipinski definition) is 1. The van der Waals surface area contributed by atoms with Gasteiger partial charge in [-0.25, -0.2) is 4.39 Å². The van der Waals surface area contributed by atoms with Crippen LogP contribution in [0.15, 0.2) is 48.5 Å². The molecule has 1 aliphatic heterocycles. The van der Waals surface area contributed by atoms with E-state index in [0.717, 1.165) is 19.3 Å². The number of ether oxygens (including phenoxy) is 2. The molecule has 1 heterocycles. The summed E-state index contributed by atoms with van der Waals surface area (Å²) in [7, 11) is 0. The summed E-state index contributed by atoms with van der Waals surface area (Å²) in [6.45, 7) is 1.27. The Morgan fingerprint density at radius 2 is 1.96 bits per heavy atom. The SMILES string of the molecule is O=C(Nc1ccccc1OC1CCOC1)C1(Cc2ccccc2F)CC1. The van der Waals surface area contributed by atoms with Crippen molar-refractivity contribution in [1.82, 2.24) is 0 Å². The molecule has 136 valence electrons. The van der Waals surface area contributed by atoms with Crippen LogP contribution < -0.4 is 10.1 Å². The molecule has 26 heavy (non-hydrogen) atoms. The van der Waals surface area contributed by atoms with Gasteiger partial charge >= 0.3 is 0 Å². The highest BCUT2D eigenvalue weighted by Crippen LogP contribution is 2.49. The molecular formula is C21H22FNO3. The molecule has 2 aliphatic rings.